The lowest BCUT2D eigenvalue weighted by Gasteiger charge is -2.08. The summed E-state index contributed by atoms with van der Waals surface area (Å²) in [4.78, 5) is 11.6. The van der Waals surface area contributed by atoms with Gasteiger partial charge in [0.15, 0.2) is 5.84 Å². The summed E-state index contributed by atoms with van der Waals surface area (Å²) in [6, 6.07) is 19.1. The van der Waals surface area contributed by atoms with Crippen LogP contribution in [0.25, 0.3) is 0 Å². The van der Waals surface area contributed by atoms with Crippen molar-refractivity contribution in [2.24, 2.45) is 4.99 Å². The third-order valence-corrected chi connectivity index (χ3v) is 5.25. The number of alkyl halides is 3. The molecule has 3 aromatic carbocycles. The minimum absolute atomic E-state index is 0.171. The molecule has 0 amide bonds. The number of hydroxylamine groups is 1. The van der Waals surface area contributed by atoms with E-state index in [1.165, 1.54) is 23.9 Å². The van der Waals surface area contributed by atoms with Gasteiger partial charge in [-0.2, -0.15) is 13.2 Å². The van der Waals surface area contributed by atoms with Gasteiger partial charge in [-0.05, 0) is 48.5 Å². The Morgan fingerprint density at radius 1 is 0.862 bits per heavy atom. The van der Waals surface area contributed by atoms with Crippen LogP contribution < -0.4 is 5.48 Å². The molecule has 0 radical (unpaired) electrons. The molecule has 4 nitrogen and oxygen atoms in total. The number of halogens is 3. The summed E-state index contributed by atoms with van der Waals surface area (Å²) < 4.78 is 37.9. The largest absolute Gasteiger partial charge is 0.508 e. The molecule has 148 valence electrons. The maximum absolute atomic E-state index is 12.6. The summed E-state index contributed by atoms with van der Waals surface area (Å²) in [5, 5.41) is 9.37. The predicted octanol–water partition coefficient (Wildman–Crippen LogP) is 5.54. The van der Waals surface area contributed by atoms with Crippen molar-refractivity contribution in [2.45, 2.75) is 22.2 Å². The van der Waals surface area contributed by atoms with Gasteiger partial charge in [0, 0.05) is 20.9 Å². The average molecular weight is 416 g/mol. The summed E-state index contributed by atoms with van der Waals surface area (Å²) in [6.45, 7) is 0. The van der Waals surface area contributed by atoms with Gasteiger partial charge in [-0.25, -0.2) is 15.3 Å². The Hall–Kier alpha value is -2.97. The van der Waals surface area contributed by atoms with Gasteiger partial charge in [0.1, 0.15) is 5.75 Å². The molecule has 1 aliphatic rings. The highest BCUT2D eigenvalue weighted by molar-refractivity contribution is 7.99. The molecular formula is C21H15F3N2O2S. The summed E-state index contributed by atoms with van der Waals surface area (Å²) in [5.41, 5.74) is 3.77. The molecule has 29 heavy (non-hydrogen) atoms. The van der Waals surface area contributed by atoms with E-state index in [4.69, 9.17) is 4.84 Å². The van der Waals surface area contributed by atoms with Gasteiger partial charge in [0.2, 0.25) is 6.23 Å². The lowest BCUT2D eigenvalue weighted by atomic mass is 10.2. The fourth-order valence-electron chi connectivity index (χ4n) is 2.73. The van der Waals surface area contributed by atoms with Gasteiger partial charge in [-0.3, -0.25) is 0 Å². The molecule has 1 heterocycles. The SMILES string of the molecule is Oc1ccc(C2N=C(c3ccc(Sc4ccc(C(F)(F)F)cc4)cc3)NO2)cc1. The maximum atomic E-state index is 12.6. The number of hydrogen-bond acceptors (Lipinski definition) is 5. The second-order valence-corrected chi connectivity index (χ2v) is 7.44. The number of hydrogen-bond donors (Lipinski definition) is 2. The Kier molecular flexibility index (Phi) is 5.21. The molecular weight excluding hydrogens is 401 g/mol. The molecule has 1 atom stereocenters. The minimum Gasteiger partial charge on any atom is -0.508 e. The first kappa shape index (κ1) is 19.4. The Morgan fingerprint density at radius 2 is 1.45 bits per heavy atom. The monoisotopic (exact) mass is 416 g/mol. The molecule has 0 spiro atoms. The summed E-state index contributed by atoms with van der Waals surface area (Å²) in [7, 11) is 0. The molecule has 3 aromatic rings. The van der Waals surface area contributed by atoms with Crippen LogP contribution in [-0.2, 0) is 11.0 Å². The molecule has 4 rings (SSSR count). The van der Waals surface area contributed by atoms with Crippen LogP contribution in [0.5, 0.6) is 5.75 Å². The first-order valence-electron chi connectivity index (χ1n) is 8.62. The second kappa shape index (κ2) is 7.81. The first-order valence-corrected chi connectivity index (χ1v) is 9.44. The average Bonchev–Trinajstić information content (AvgIpc) is 3.19. The third-order valence-electron chi connectivity index (χ3n) is 4.24. The topological polar surface area (TPSA) is 53.9 Å². The van der Waals surface area contributed by atoms with Crippen LogP contribution in [-0.4, -0.2) is 10.9 Å². The molecule has 0 fully saturated rings. The van der Waals surface area contributed by atoms with Crippen molar-refractivity contribution in [1.29, 1.82) is 0 Å². The Labute approximate surface area is 169 Å². The van der Waals surface area contributed by atoms with Crippen LogP contribution in [0.4, 0.5) is 13.2 Å². The molecule has 0 aromatic heterocycles. The predicted molar refractivity (Wildman–Crippen MR) is 104 cm³/mol. The van der Waals surface area contributed by atoms with E-state index in [1.807, 2.05) is 24.3 Å². The summed E-state index contributed by atoms with van der Waals surface area (Å²) in [6.07, 6.45) is -4.84. The standard InChI is InChI=1S/C21H15F3N2O2S/c22-21(23,24)15-5-11-18(12-6-15)29-17-9-3-13(4-10-17)19-25-20(28-26-19)14-1-7-16(27)8-2-14/h1-12,20,27H,(H,25,26). The van der Waals surface area contributed by atoms with E-state index in [-0.39, 0.29) is 5.75 Å². The van der Waals surface area contributed by atoms with E-state index in [2.05, 4.69) is 10.5 Å². The zero-order chi connectivity index (χ0) is 20.4. The van der Waals surface area contributed by atoms with Crippen molar-refractivity contribution < 1.29 is 23.1 Å². The number of phenolic OH excluding ortho intramolecular Hbond substituents is 1. The Bertz CT molecular complexity index is 1020. The highest BCUT2D eigenvalue weighted by Gasteiger charge is 2.30. The van der Waals surface area contributed by atoms with Crippen molar-refractivity contribution in [3.63, 3.8) is 0 Å². The van der Waals surface area contributed by atoms with E-state index in [0.29, 0.717) is 5.84 Å². The van der Waals surface area contributed by atoms with Gasteiger partial charge >= 0.3 is 6.18 Å². The lowest BCUT2D eigenvalue weighted by molar-refractivity contribution is -0.137. The highest BCUT2D eigenvalue weighted by Crippen LogP contribution is 2.33. The van der Waals surface area contributed by atoms with Crippen LogP contribution in [0.1, 0.15) is 22.9 Å². The van der Waals surface area contributed by atoms with Gasteiger partial charge < -0.3 is 5.11 Å². The van der Waals surface area contributed by atoms with Crippen molar-refractivity contribution in [3.05, 3.63) is 89.5 Å². The highest BCUT2D eigenvalue weighted by atomic mass is 32.2. The number of benzene rings is 3. The second-order valence-electron chi connectivity index (χ2n) is 6.29. The van der Waals surface area contributed by atoms with E-state index < -0.39 is 18.0 Å². The van der Waals surface area contributed by atoms with Gasteiger partial charge in [0.05, 0.1) is 5.56 Å². The van der Waals surface area contributed by atoms with E-state index in [9.17, 15) is 18.3 Å². The molecule has 0 bridgehead atoms. The molecule has 2 N–H and O–H groups in total. The maximum Gasteiger partial charge on any atom is 0.416 e. The van der Waals surface area contributed by atoms with E-state index in [0.717, 1.165) is 33.1 Å². The van der Waals surface area contributed by atoms with Crippen LogP contribution in [0.3, 0.4) is 0 Å². The number of aliphatic imine (C=N–C) groups is 1. The van der Waals surface area contributed by atoms with Gasteiger partial charge in [-0.15, -0.1) is 0 Å². The smallest absolute Gasteiger partial charge is 0.416 e. The number of nitrogens with zero attached hydrogens (tertiary/aromatic N) is 1. The summed E-state index contributed by atoms with van der Waals surface area (Å²) >= 11 is 1.37. The van der Waals surface area contributed by atoms with Crippen molar-refractivity contribution in [3.8, 4) is 5.75 Å². The zero-order valence-corrected chi connectivity index (χ0v) is 15.7. The molecule has 0 saturated heterocycles. The number of nitrogens with one attached hydrogen (secondary N) is 1. The van der Waals surface area contributed by atoms with Crippen molar-refractivity contribution >= 4 is 17.6 Å². The number of phenols is 1. The van der Waals surface area contributed by atoms with Crippen molar-refractivity contribution in [1.82, 2.24) is 5.48 Å². The number of rotatable bonds is 4. The fourth-order valence-corrected chi connectivity index (χ4v) is 3.54. The van der Waals surface area contributed by atoms with Crippen molar-refractivity contribution in [2.75, 3.05) is 0 Å². The normalized spacial score (nSPS) is 16.4. The van der Waals surface area contributed by atoms with Gasteiger partial charge in [0.25, 0.3) is 0 Å². The zero-order valence-electron chi connectivity index (χ0n) is 14.9. The van der Waals surface area contributed by atoms with E-state index in [1.54, 1.807) is 24.3 Å². The molecule has 8 heteroatoms. The molecule has 0 aliphatic carbocycles. The lowest BCUT2D eigenvalue weighted by Crippen LogP contribution is -2.17. The number of aromatic hydroxyl groups is 1. The van der Waals surface area contributed by atoms with Crippen LogP contribution in [0, 0.1) is 0 Å². The quantitative estimate of drug-likeness (QED) is 0.586. The van der Waals surface area contributed by atoms with Gasteiger partial charge in [-0.1, -0.05) is 36.0 Å². The van der Waals surface area contributed by atoms with Crippen LogP contribution >= 0.6 is 11.8 Å². The van der Waals surface area contributed by atoms with Crippen LogP contribution in [0.2, 0.25) is 0 Å². The first-order chi connectivity index (χ1) is 13.9. The number of amidine groups is 1. The minimum atomic E-state index is -4.33. The molecule has 0 saturated carbocycles. The Balaban J connectivity index is 1.44. The third kappa shape index (κ3) is 4.55. The molecule has 1 aliphatic heterocycles. The Morgan fingerprint density at radius 3 is 2.03 bits per heavy atom. The van der Waals surface area contributed by atoms with Crippen LogP contribution in [0.15, 0.2) is 87.6 Å². The fraction of sp³-hybridized carbons (Fsp3) is 0.0952. The summed E-state index contributed by atoms with van der Waals surface area (Å²) in [5.74, 6) is 0.749. The molecule has 1 unspecified atom stereocenters. The van der Waals surface area contributed by atoms with E-state index >= 15 is 0 Å².